The number of carbonyl (C=O) groups is 1. The van der Waals surface area contributed by atoms with Crippen molar-refractivity contribution in [2.45, 2.75) is 25.7 Å². The average Bonchev–Trinajstić information content (AvgIpc) is 2.49. The van der Waals surface area contributed by atoms with Crippen molar-refractivity contribution in [1.29, 1.82) is 0 Å². The number of halogens is 1. The molecule has 1 atom stereocenters. The Labute approximate surface area is 132 Å². The highest BCUT2D eigenvalue weighted by atomic mass is 19.1. The lowest BCUT2D eigenvalue weighted by Gasteiger charge is -2.16. The molecule has 5 heteroatoms. The number of rotatable bonds is 10. The molecule has 0 fully saturated rings. The molecule has 124 valence electrons. The van der Waals surface area contributed by atoms with E-state index in [-0.39, 0.29) is 17.6 Å². The molecule has 0 heterocycles. The van der Waals surface area contributed by atoms with Crippen LogP contribution in [-0.2, 0) is 9.53 Å². The molecule has 0 aliphatic carbocycles. The highest BCUT2D eigenvalue weighted by Gasteiger charge is 2.14. The van der Waals surface area contributed by atoms with E-state index in [1.54, 1.807) is 25.3 Å². The third-order valence-electron chi connectivity index (χ3n) is 3.64. The first-order chi connectivity index (χ1) is 10.5. The molecule has 0 spiro atoms. The van der Waals surface area contributed by atoms with E-state index in [1.807, 2.05) is 14.0 Å². The number of hydrogen-bond donors (Lipinski definition) is 1. The predicted molar refractivity (Wildman–Crippen MR) is 86.4 cm³/mol. The molecule has 22 heavy (non-hydrogen) atoms. The fourth-order valence-corrected chi connectivity index (χ4v) is 2.27. The predicted octanol–water partition coefficient (Wildman–Crippen LogP) is 2.40. The molecule has 1 aromatic carbocycles. The quantitative estimate of drug-likeness (QED) is 0.675. The van der Waals surface area contributed by atoms with Crippen LogP contribution in [0.1, 0.15) is 31.2 Å². The first-order valence-corrected chi connectivity index (χ1v) is 7.73. The minimum Gasteiger partial charge on any atom is -0.383 e. The summed E-state index contributed by atoms with van der Waals surface area (Å²) in [5, 5.41) is 2.89. The summed E-state index contributed by atoms with van der Waals surface area (Å²) in [6.45, 7) is 5.01. The fraction of sp³-hybridized carbons (Fsp3) is 0.588. The molecule has 0 unspecified atom stereocenters. The maximum absolute atomic E-state index is 13.6. The second-order valence-electron chi connectivity index (χ2n) is 5.63. The molecule has 1 aromatic rings. The summed E-state index contributed by atoms with van der Waals surface area (Å²) in [5.74, 6) is -0.400. The van der Waals surface area contributed by atoms with Gasteiger partial charge in [-0.3, -0.25) is 4.79 Å². The summed E-state index contributed by atoms with van der Waals surface area (Å²) < 4.78 is 18.7. The van der Waals surface area contributed by atoms with Gasteiger partial charge < -0.3 is 15.0 Å². The molecular weight excluding hydrogens is 283 g/mol. The SMILES string of the molecule is COCCN(C)CCCNC(=O)C[C@H](C)c1ccccc1F. The van der Waals surface area contributed by atoms with Gasteiger partial charge in [0.05, 0.1) is 6.61 Å². The second kappa shape index (κ2) is 10.3. The van der Waals surface area contributed by atoms with Crippen LogP contribution in [0.2, 0.25) is 0 Å². The number of nitrogens with zero attached hydrogens (tertiary/aromatic N) is 1. The van der Waals surface area contributed by atoms with E-state index in [0.717, 1.165) is 19.5 Å². The number of carbonyl (C=O) groups excluding carboxylic acids is 1. The second-order valence-corrected chi connectivity index (χ2v) is 5.63. The number of benzene rings is 1. The van der Waals surface area contributed by atoms with Crippen molar-refractivity contribution in [3.63, 3.8) is 0 Å². The third-order valence-corrected chi connectivity index (χ3v) is 3.64. The van der Waals surface area contributed by atoms with Gasteiger partial charge >= 0.3 is 0 Å². The maximum Gasteiger partial charge on any atom is 0.220 e. The van der Waals surface area contributed by atoms with Gasteiger partial charge in [-0.15, -0.1) is 0 Å². The average molecular weight is 310 g/mol. The van der Waals surface area contributed by atoms with Gasteiger partial charge in [0, 0.05) is 26.6 Å². The number of likely N-dealkylation sites (N-methyl/N-ethyl adjacent to an activating group) is 1. The van der Waals surface area contributed by atoms with Crippen molar-refractivity contribution in [3.8, 4) is 0 Å². The van der Waals surface area contributed by atoms with Gasteiger partial charge in [0.25, 0.3) is 0 Å². The van der Waals surface area contributed by atoms with E-state index in [9.17, 15) is 9.18 Å². The monoisotopic (exact) mass is 310 g/mol. The Hall–Kier alpha value is -1.46. The van der Waals surface area contributed by atoms with Crippen LogP contribution in [0.25, 0.3) is 0 Å². The molecule has 4 nitrogen and oxygen atoms in total. The van der Waals surface area contributed by atoms with Crippen LogP contribution in [0.5, 0.6) is 0 Å². The van der Waals surface area contributed by atoms with Crippen LogP contribution in [0.3, 0.4) is 0 Å². The van der Waals surface area contributed by atoms with E-state index in [0.29, 0.717) is 25.1 Å². The number of hydrogen-bond acceptors (Lipinski definition) is 3. The van der Waals surface area contributed by atoms with Gasteiger partial charge in [0.2, 0.25) is 5.91 Å². The Morgan fingerprint density at radius 1 is 1.36 bits per heavy atom. The van der Waals surface area contributed by atoms with Gasteiger partial charge in [0.1, 0.15) is 5.82 Å². The first kappa shape index (κ1) is 18.6. The van der Waals surface area contributed by atoms with Gasteiger partial charge in [-0.25, -0.2) is 4.39 Å². The Morgan fingerprint density at radius 3 is 2.77 bits per heavy atom. The summed E-state index contributed by atoms with van der Waals surface area (Å²) in [5.41, 5.74) is 0.594. The molecule has 0 bridgehead atoms. The maximum atomic E-state index is 13.6. The Balaban J connectivity index is 2.22. The first-order valence-electron chi connectivity index (χ1n) is 7.73. The van der Waals surface area contributed by atoms with E-state index < -0.39 is 0 Å². The number of nitrogens with one attached hydrogen (secondary N) is 1. The van der Waals surface area contributed by atoms with Crippen molar-refractivity contribution in [2.24, 2.45) is 0 Å². The van der Waals surface area contributed by atoms with Crippen molar-refractivity contribution in [2.75, 3.05) is 40.4 Å². The van der Waals surface area contributed by atoms with Gasteiger partial charge in [0.15, 0.2) is 0 Å². The standard InChI is InChI=1S/C17H27FN2O2/c1-14(15-7-4-5-8-16(15)18)13-17(21)19-9-6-10-20(2)11-12-22-3/h4-5,7-8,14H,6,9-13H2,1-3H3,(H,19,21)/t14-/m0/s1. The highest BCUT2D eigenvalue weighted by molar-refractivity contribution is 5.76. The Kier molecular flexibility index (Phi) is 8.70. The van der Waals surface area contributed by atoms with Crippen molar-refractivity contribution in [3.05, 3.63) is 35.6 Å². The molecule has 0 aliphatic rings. The largest absolute Gasteiger partial charge is 0.383 e. The molecule has 0 aliphatic heterocycles. The lowest BCUT2D eigenvalue weighted by molar-refractivity contribution is -0.121. The number of methoxy groups -OCH3 is 1. The lowest BCUT2D eigenvalue weighted by atomic mass is 9.97. The molecule has 0 saturated heterocycles. The van der Waals surface area contributed by atoms with Crippen LogP contribution in [0, 0.1) is 5.82 Å². The molecule has 0 aromatic heterocycles. The summed E-state index contributed by atoms with van der Waals surface area (Å²) >= 11 is 0. The van der Waals surface area contributed by atoms with Gasteiger partial charge in [-0.2, -0.15) is 0 Å². The topological polar surface area (TPSA) is 41.6 Å². The van der Waals surface area contributed by atoms with Crippen LogP contribution in [-0.4, -0.2) is 51.2 Å². The summed E-state index contributed by atoms with van der Waals surface area (Å²) in [6.07, 6.45) is 1.19. The Morgan fingerprint density at radius 2 is 2.09 bits per heavy atom. The molecule has 1 amide bonds. The number of ether oxygens (including phenoxy) is 1. The van der Waals surface area contributed by atoms with Crippen LogP contribution in [0.4, 0.5) is 4.39 Å². The van der Waals surface area contributed by atoms with Gasteiger partial charge in [-0.05, 0) is 37.6 Å². The molecule has 1 rings (SSSR count). The minimum absolute atomic E-state index is 0.0321. The zero-order chi connectivity index (χ0) is 16.4. The lowest BCUT2D eigenvalue weighted by Crippen LogP contribution is -2.30. The molecule has 1 N–H and O–H groups in total. The van der Waals surface area contributed by atoms with Crippen molar-refractivity contribution in [1.82, 2.24) is 10.2 Å². The molecule has 0 saturated carbocycles. The molecular formula is C17H27FN2O2. The summed E-state index contributed by atoms with van der Waals surface area (Å²) in [4.78, 5) is 14.1. The zero-order valence-corrected chi connectivity index (χ0v) is 13.8. The zero-order valence-electron chi connectivity index (χ0n) is 13.8. The van der Waals surface area contributed by atoms with Crippen LogP contribution in [0.15, 0.2) is 24.3 Å². The van der Waals surface area contributed by atoms with E-state index in [1.165, 1.54) is 6.07 Å². The summed E-state index contributed by atoms with van der Waals surface area (Å²) in [6, 6.07) is 6.62. The third kappa shape index (κ3) is 7.00. The smallest absolute Gasteiger partial charge is 0.220 e. The van der Waals surface area contributed by atoms with Crippen molar-refractivity contribution < 1.29 is 13.9 Å². The van der Waals surface area contributed by atoms with Crippen molar-refractivity contribution >= 4 is 5.91 Å². The highest BCUT2D eigenvalue weighted by Crippen LogP contribution is 2.21. The van der Waals surface area contributed by atoms with Crippen LogP contribution < -0.4 is 5.32 Å². The summed E-state index contributed by atoms with van der Waals surface area (Å²) in [7, 11) is 3.71. The fourth-order valence-electron chi connectivity index (χ4n) is 2.27. The van der Waals surface area contributed by atoms with Gasteiger partial charge in [-0.1, -0.05) is 25.1 Å². The van der Waals surface area contributed by atoms with E-state index >= 15 is 0 Å². The van der Waals surface area contributed by atoms with Crippen LogP contribution >= 0.6 is 0 Å². The normalized spacial score (nSPS) is 12.4. The van der Waals surface area contributed by atoms with E-state index in [4.69, 9.17) is 4.74 Å². The van der Waals surface area contributed by atoms with E-state index in [2.05, 4.69) is 10.2 Å². The molecule has 0 radical (unpaired) electrons. The number of amides is 1. The minimum atomic E-state index is -0.248. The Bertz CT molecular complexity index is 454.